The van der Waals surface area contributed by atoms with Gasteiger partial charge in [0, 0.05) is 0 Å². The molecule has 24 heavy (non-hydrogen) atoms. The van der Waals surface area contributed by atoms with Crippen molar-refractivity contribution in [3.05, 3.63) is 34.7 Å². The maximum atomic E-state index is 13.4. The highest BCUT2D eigenvalue weighted by molar-refractivity contribution is 6.31. The van der Waals surface area contributed by atoms with Crippen LogP contribution in [0.4, 0.5) is 15.9 Å². The maximum absolute atomic E-state index is 13.4. The molecule has 0 amide bonds. The summed E-state index contributed by atoms with van der Waals surface area (Å²) in [5.74, 6) is -1.88. The minimum atomic E-state index is -0.851. The van der Waals surface area contributed by atoms with Gasteiger partial charge >= 0.3 is 5.97 Å². The molecular weight excluding hydrogens is 341 g/mol. The number of hydrogen-bond donors (Lipinski definition) is 2. The van der Waals surface area contributed by atoms with Crippen molar-refractivity contribution in [2.45, 2.75) is 20.8 Å². The third kappa shape index (κ3) is 3.62. The van der Waals surface area contributed by atoms with E-state index in [4.69, 9.17) is 27.6 Å². The molecule has 8 nitrogen and oxygen atoms in total. The van der Waals surface area contributed by atoms with Crippen LogP contribution in [0.5, 0.6) is 0 Å². The van der Waals surface area contributed by atoms with E-state index in [9.17, 15) is 9.18 Å². The summed E-state index contributed by atoms with van der Waals surface area (Å²) in [4.78, 5) is 17.5. The number of halogens is 2. The number of aromatic nitrogens is 2. The van der Waals surface area contributed by atoms with Crippen LogP contribution in [0.3, 0.4) is 0 Å². The van der Waals surface area contributed by atoms with E-state index in [1.54, 1.807) is 20.8 Å². The second-order valence-electron chi connectivity index (χ2n) is 5.87. The van der Waals surface area contributed by atoms with Gasteiger partial charge in [-0.2, -0.15) is 5.06 Å². The van der Waals surface area contributed by atoms with Crippen molar-refractivity contribution < 1.29 is 18.7 Å². The highest BCUT2D eigenvalue weighted by Gasteiger charge is 2.30. The molecule has 0 atom stereocenters. The lowest BCUT2D eigenvalue weighted by atomic mass is 9.98. The zero-order chi connectivity index (χ0) is 18.1. The normalized spacial score (nSPS) is 11.2. The lowest BCUT2D eigenvalue weighted by Crippen LogP contribution is -2.38. The Bertz CT molecular complexity index is 787. The monoisotopic (exact) mass is 355 g/mol. The maximum Gasteiger partial charge on any atom is 0.338 e. The molecule has 0 saturated heterocycles. The molecule has 128 valence electrons. The molecule has 3 N–H and O–H groups in total. The molecule has 0 unspecified atom stereocenters. The highest BCUT2D eigenvalue weighted by Crippen LogP contribution is 2.27. The molecule has 1 aromatic carbocycles. The predicted molar refractivity (Wildman–Crippen MR) is 85.0 cm³/mol. The number of carbonyl (C=O) groups is 1. The van der Waals surface area contributed by atoms with E-state index in [0.717, 1.165) is 11.1 Å². The molecule has 0 bridgehead atoms. The number of hydroxylamine groups is 1. The number of benzene rings is 1. The molecule has 0 aliphatic carbocycles. The second kappa shape index (κ2) is 6.44. The van der Waals surface area contributed by atoms with Crippen LogP contribution in [0.15, 0.2) is 22.8 Å². The zero-order valence-corrected chi connectivity index (χ0v) is 13.9. The number of nitrogens with one attached hydrogen (secondary N) is 1. The molecule has 0 saturated carbocycles. The number of carbonyl (C=O) groups excluding carboxylic acids is 1. The van der Waals surface area contributed by atoms with Crippen LogP contribution in [-0.2, 0) is 9.63 Å². The summed E-state index contributed by atoms with van der Waals surface area (Å²) in [7, 11) is 0. The van der Waals surface area contributed by atoms with Gasteiger partial charge in [-0.25, -0.2) is 13.8 Å². The third-order valence-electron chi connectivity index (χ3n) is 2.87. The summed E-state index contributed by atoms with van der Waals surface area (Å²) in [6.07, 6.45) is 0. The van der Waals surface area contributed by atoms with E-state index in [0.29, 0.717) is 0 Å². The van der Waals surface area contributed by atoms with Crippen LogP contribution >= 0.6 is 11.6 Å². The third-order valence-corrected chi connectivity index (χ3v) is 3.16. The van der Waals surface area contributed by atoms with E-state index < -0.39 is 23.0 Å². The van der Waals surface area contributed by atoms with E-state index in [-0.39, 0.29) is 22.2 Å². The van der Waals surface area contributed by atoms with Gasteiger partial charge in [-0.3, -0.25) is 5.41 Å². The van der Waals surface area contributed by atoms with Gasteiger partial charge in [0.05, 0.1) is 16.1 Å². The minimum Gasteiger partial charge on any atom is -0.379 e. The van der Waals surface area contributed by atoms with Gasteiger partial charge in [-0.15, -0.1) is 0 Å². The molecule has 0 radical (unpaired) electrons. The fourth-order valence-electron chi connectivity index (χ4n) is 1.51. The van der Waals surface area contributed by atoms with Crippen LogP contribution in [0.2, 0.25) is 5.02 Å². The first kappa shape index (κ1) is 17.7. The zero-order valence-electron chi connectivity index (χ0n) is 13.1. The second-order valence-corrected chi connectivity index (χ2v) is 6.28. The number of nitrogens with zero attached hydrogens (tertiary/aromatic N) is 3. The molecule has 2 aromatic rings. The first-order chi connectivity index (χ1) is 11.1. The SMILES string of the molecule is CC(C)(C)C(=O)ON(C(=N)c1nonc1N)c1ccc(F)c(Cl)c1. The minimum absolute atomic E-state index is 0.131. The highest BCUT2D eigenvalue weighted by atomic mass is 35.5. The Morgan fingerprint density at radius 1 is 1.42 bits per heavy atom. The van der Waals surface area contributed by atoms with Crippen LogP contribution in [0.25, 0.3) is 0 Å². The Labute approximate surface area is 141 Å². The van der Waals surface area contributed by atoms with Crippen molar-refractivity contribution in [2.24, 2.45) is 5.41 Å². The lowest BCUT2D eigenvalue weighted by Gasteiger charge is -2.26. The van der Waals surface area contributed by atoms with Gasteiger partial charge in [0.1, 0.15) is 5.82 Å². The van der Waals surface area contributed by atoms with Gasteiger partial charge in [-0.1, -0.05) is 11.6 Å². The average Bonchev–Trinajstić information content (AvgIpc) is 2.92. The molecule has 0 fully saturated rings. The predicted octanol–water partition coefficient (Wildman–Crippen LogP) is 2.78. The molecule has 0 aliphatic heterocycles. The van der Waals surface area contributed by atoms with Crippen LogP contribution < -0.4 is 10.8 Å². The van der Waals surface area contributed by atoms with Gasteiger partial charge in [0.25, 0.3) is 0 Å². The van der Waals surface area contributed by atoms with Crippen LogP contribution in [0.1, 0.15) is 26.5 Å². The standard InChI is InChI=1S/C14H15ClFN5O3/c1-14(2,3)13(22)23-21(7-4-5-9(16)8(15)6-7)12(18)10-11(17)20-24-19-10/h4-6,18H,1-3H3,(H2,17,20). The van der Waals surface area contributed by atoms with Crippen molar-refractivity contribution in [1.82, 2.24) is 10.3 Å². The summed E-state index contributed by atoms with van der Waals surface area (Å²) in [6.45, 7) is 4.92. The molecule has 10 heteroatoms. The average molecular weight is 356 g/mol. The summed E-state index contributed by atoms with van der Waals surface area (Å²) in [5.41, 5.74) is 4.70. The molecule has 0 spiro atoms. The van der Waals surface area contributed by atoms with Crippen molar-refractivity contribution in [3.63, 3.8) is 0 Å². The van der Waals surface area contributed by atoms with Gasteiger partial charge in [0.2, 0.25) is 0 Å². The van der Waals surface area contributed by atoms with E-state index in [2.05, 4.69) is 14.9 Å². The van der Waals surface area contributed by atoms with E-state index >= 15 is 0 Å². The number of hydrogen-bond acceptors (Lipinski definition) is 7. The van der Waals surface area contributed by atoms with E-state index in [1.807, 2.05) is 0 Å². The quantitative estimate of drug-likeness (QED) is 0.483. The molecule has 0 aliphatic rings. The number of anilines is 2. The summed E-state index contributed by atoms with van der Waals surface area (Å²) in [5, 5.41) is 15.7. The fourth-order valence-corrected chi connectivity index (χ4v) is 1.69. The summed E-state index contributed by atoms with van der Waals surface area (Å²) in [6, 6.07) is 3.56. The van der Waals surface area contributed by atoms with Crippen molar-refractivity contribution >= 4 is 34.9 Å². The number of rotatable bonds is 2. The summed E-state index contributed by atoms with van der Waals surface area (Å²) < 4.78 is 17.8. The molecule has 1 aromatic heterocycles. The Kier molecular flexibility index (Phi) is 4.74. The molecular formula is C14H15ClFN5O3. The van der Waals surface area contributed by atoms with Crippen molar-refractivity contribution in [1.29, 1.82) is 5.41 Å². The van der Waals surface area contributed by atoms with Gasteiger partial charge < -0.3 is 10.6 Å². The topological polar surface area (TPSA) is 118 Å². The Morgan fingerprint density at radius 2 is 2.08 bits per heavy atom. The van der Waals surface area contributed by atoms with E-state index in [1.165, 1.54) is 12.1 Å². The Hall–Kier alpha value is -2.68. The first-order valence-corrected chi connectivity index (χ1v) is 7.13. The largest absolute Gasteiger partial charge is 0.379 e. The Balaban J connectivity index is 2.45. The van der Waals surface area contributed by atoms with Crippen molar-refractivity contribution in [2.75, 3.05) is 10.8 Å². The first-order valence-electron chi connectivity index (χ1n) is 6.76. The van der Waals surface area contributed by atoms with Crippen LogP contribution in [0, 0.1) is 16.6 Å². The number of amidine groups is 1. The van der Waals surface area contributed by atoms with Gasteiger partial charge in [0.15, 0.2) is 17.3 Å². The van der Waals surface area contributed by atoms with Crippen LogP contribution in [-0.4, -0.2) is 22.1 Å². The van der Waals surface area contributed by atoms with Crippen molar-refractivity contribution in [3.8, 4) is 0 Å². The molecule has 2 rings (SSSR count). The lowest BCUT2D eigenvalue weighted by molar-refractivity contribution is -0.152. The Morgan fingerprint density at radius 3 is 2.58 bits per heavy atom. The fraction of sp³-hybridized carbons (Fsp3) is 0.286. The smallest absolute Gasteiger partial charge is 0.338 e. The number of nitrogens with two attached hydrogens (primary N) is 1. The van der Waals surface area contributed by atoms with Gasteiger partial charge in [-0.05, 0) is 49.3 Å². The number of nitrogen functional groups attached to an aromatic ring is 1. The molecule has 1 heterocycles. The summed E-state index contributed by atoms with van der Waals surface area (Å²) >= 11 is 5.76.